The minimum Gasteiger partial charge on any atom is -0.480 e. The highest BCUT2D eigenvalue weighted by molar-refractivity contribution is 6.02. The SMILES string of the molecule is CC(C)[C@H](N)C(=O)O.C[C@]12C=CC(=O)C=C1CC[C@@H]1[C@@H]2C(=O)C[C@@]2(C)[C@H]1CC[C@]2(O)C(=O)CO. The summed E-state index contributed by atoms with van der Waals surface area (Å²) in [5.74, 6) is -1.50. The van der Waals surface area contributed by atoms with Crippen LogP contribution in [0.3, 0.4) is 0 Å². The third-order valence-electron chi connectivity index (χ3n) is 9.02. The van der Waals surface area contributed by atoms with Crippen molar-refractivity contribution in [2.75, 3.05) is 6.61 Å². The number of ketones is 3. The second-order valence-electron chi connectivity index (χ2n) is 11.1. The van der Waals surface area contributed by atoms with Gasteiger partial charge in [0.25, 0.3) is 0 Å². The van der Waals surface area contributed by atoms with Gasteiger partial charge < -0.3 is 21.1 Å². The monoisotopic (exact) mass is 475 g/mol. The number of aliphatic carboxylic acids is 1. The maximum Gasteiger partial charge on any atom is 0.320 e. The highest BCUT2D eigenvalue weighted by Crippen LogP contribution is 2.66. The first-order valence-electron chi connectivity index (χ1n) is 12.0. The number of hydrogen-bond acceptors (Lipinski definition) is 7. The van der Waals surface area contributed by atoms with Crippen LogP contribution in [-0.4, -0.2) is 56.9 Å². The quantitative estimate of drug-likeness (QED) is 0.480. The molecule has 0 amide bonds. The van der Waals surface area contributed by atoms with Crippen molar-refractivity contribution in [2.45, 2.75) is 71.4 Å². The molecule has 0 heterocycles. The van der Waals surface area contributed by atoms with E-state index in [9.17, 15) is 29.4 Å². The molecule has 4 rings (SSSR count). The first kappa shape index (κ1) is 26.4. The highest BCUT2D eigenvalue weighted by Gasteiger charge is 2.68. The van der Waals surface area contributed by atoms with E-state index in [1.807, 2.05) is 19.9 Å². The van der Waals surface area contributed by atoms with Gasteiger partial charge in [0.1, 0.15) is 24.0 Å². The molecule has 8 heteroatoms. The van der Waals surface area contributed by atoms with Crippen molar-refractivity contribution in [1.82, 2.24) is 0 Å². The number of aliphatic hydroxyl groups excluding tert-OH is 1. The number of fused-ring (bicyclic) bond motifs is 5. The fourth-order valence-electron chi connectivity index (χ4n) is 6.91. The molecule has 0 spiro atoms. The largest absolute Gasteiger partial charge is 0.480 e. The van der Waals surface area contributed by atoms with Gasteiger partial charge in [-0.3, -0.25) is 19.2 Å². The van der Waals surface area contributed by atoms with Crippen molar-refractivity contribution in [3.8, 4) is 0 Å². The molecule has 0 aromatic carbocycles. The average Bonchev–Trinajstić information content (AvgIpc) is 3.04. The van der Waals surface area contributed by atoms with Gasteiger partial charge in [0, 0.05) is 23.2 Å². The molecule has 8 nitrogen and oxygen atoms in total. The second kappa shape index (κ2) is 9.13. The van der Waals surface area contributed by atoms with Crippen molar-refractivity contribution in [3.05, 3.63) is 23.8 Å². The number of allylic oxidation sites excluding steroid dienone is 4. The van der Waals surface area contributed by atoms with E-state index < -0.39 is 40.8 Å². The zero-order valence-electron chi connectivity index (χ0n) is 20.4. The summed E-state index contributed by atoms with van der Waals surface area (Å²) in [5.41, 5.74) is 3.30. The number of carboxylic acids is 1. The molecule has 188 valence electrons. The fraction of sp³-hybridized carbons (Fsp3) is 0.692. The first-order chi connectivity index (χ1) is 15.7. The van der Waals surface area contributed by atoms with E-state index in [1.54, 1.807) is 26.0 Å². The Morgan fingerprint density at radius 2 is 1.85 bits per heavy atom. The molecule has 0 aromatic rings. The van der Waals surface area contributed by atoms with Crippen LogP contribution < -0.4 is 5.73 Å². The summed E-state index contributed by atoms with van der Waals surface area (Å²) in [4.78, 5) is 47.4. The highest BCUT2D eigenvalue weighted by atomic mass is 16.4. The Kier molecular flexibility index (Phi) is 7.10. The van der Waals surface area contributed by atoms with Crippen LogP contribution in [0.2, 0.25) is 0 Å². The van der Waals surface area contributed by atoms with Crippen LogP contribution in [0.25, 0.3) is 0 Å². The normalized spacial score (nSPS) is 39.3. The molecule has 0 aromatic heterocycles. The van der Waals surface area contributed by atoms with Gasteiger partial charge in [-0.2, -0.15) is 0 Å². The third kappa shape index (κ3) is 3.99. The first-order valence-corrected chi connectivity index (χ1v) is 12.0. The molecule has 5 N–H and O–H groups in total. The maximum atomic E-state index is 13.3. The number of nitrogens with two attached hydrogens (primary N) is 1. The summed E-state index contributed by atoms with van der Waals surface area (Å²) in [5, 5.41) is 28.7. The molecule has 0 saturated heterocycles. The predicted octanol–water partition coefficient (Wildman–Crippen LogP) is 1.82. The van der Waals surface area contributed by atoms with Crippen LogP contribution in [-0.2, 0) is 19.2 Å². The molecule has 3 fully saturated rings. The molecular formula is C26H37NO7. The van der Waals surface area contributed by atoms with Gasteiger partial charge in [-0.25, -0.2) is 0 Å². The van der Waals surface area contributed by atoms with Crippen molar-refractivity contribution >= 4 is 23.3 Å². The van der Waals surface area contributed by atoms with Gasteiger partial charge in [0.2, 0.25) is 0 Å². The van der Waals surface area contributed by atoms with Crippen LogP contribution in [0, 0.1) is 34.5 Å². The van der Waals surface area contributed by atoms with Crippen molar-refractivity contribution in [2.24, 2.45) is 40.2 Å². The molecule has 0 aliphatic heterocycles. The molecule has 0 bridgehead atoms. The third-order valence-corrected chi connectivity index (χ3v) is 9.02. The molecule has 0 unspecified atom stereocenters. The average molecular weight is 476 g/mol. The molecule has 4 aliphatic carbocycles. The van der Waals surface area contributed by atoms with Gasteiger partial charge >= 0.3 is 5.97 Å². The number of carboxylic acid groups (broad SMARTS) is 1. The van der Waals surface area contributed by atoms with Gasteiger partial charge in [0.15, 0.2) is 11.6 Å². The fourth-order valence-corrected chi connectivity index (χ4v) is 6.91. The van der Waals surface area contributed by atoms with Crippen LogP contribution in [0.4, 0.5) is 0 Å². The number of rotatable bonds is 4. The Hall–Kier alpha value is -2.16. The lowest BCUT2D eigenvalue weighted by Gasteiger charge is -2.56. The molecule has 4 aliphatic rings. The smallest absolute Gasteiger partial charge is 0.320 e. The Bertz CT molecular complexity index is 953. The van der Waals surface area contributed by atoms with Gasteiger partial charge in [-0.1, -0.05) is 39.3 Å². The van der Waals surface area contributed by atoms with E-state index in [-0.39, 0.29) is 41.7 Å². The second-order valence-corrected chi connectivity index (χ2v) is 11.1. The summed E-state index contributed by atoms with van der Waals surface area (Å²) in [6, 6.07) is -0.713. The molecule has 0 radical (unpaired) electrons. The number of carbonyl (C=O) groups is 4. The number of hydrogen-bond donors (Lipinski definition) is 4. The van der Waals surface area contributed by atoms with Crippen LogP contribution in [0.15, 0.2) is 23.8 Å². The summed E-state index contributed by atoms with van der Waals surface area (Å²) < 4.78 is 0. The van der Waals surface area contributed by atoms with Crippen molar-refractivity contribution in [1.29, 1.82) is 0 Å². The minimum atomic E-state index is -1.62. The topological polar surface area (TPSA) is 155 Å². The summed E-state index contributed by atoms with van der Waals surface area (Å²) in [6.07, 6.45) is 7.82. The summed E-state index contributed by atoms with van der Waals surface area (Å²) in [7, 11) is 0. The lowest BCUT2D eigenvalue weighted by atomic mass is 9.46. The van der Waals surface area contributed by atoms with E-state index in [4.69, 9.17) is 10.8 Å². The van der Waals surface area contributed by atoms with E-state index in [2.05, 4.69) is 0 Å². The lowest BCUT2D eigenvalue weighted by molar-refractivity contribution is -0.168. The Balaban J connectivity index is 0.000000350. The van der Waals surface area contributed by atoms with Crippen LogP contribution >= 0.6 is 0 Å². The molecule has 3 saturated carbocycles. The summed E-state index contributed by atoms with van der Waals surface area (Å²) >= 11 is 0. The number of aliphatic hydroxyl groups is 2. The Labute approximate surface area is 200 Å². The standard InChI is InChI=1S/C21H26O5.C5H11NO2/c1-19-7-5-13(23)9-12(19)3-4-14-15-6-8-21(26,17(25)11-22)20(15,2)10-16(24)18(14)19;1-3(2)4(6)5(7)8/h5,7,9,14-15,18,22,26H,3-4,6,8,10-11H2,1-2H3;3-4H,6H2,1-2H3,(H,7,8)/t14-,15-,18+,19-,20-,21-;4-/m00/s1. The maximum absolute atomic E-state index is 13.3. The summed E-state index contributed by atoms with van der Waals surface area (Å²) in [6.45, 7) is 6.74. The zero-order valence-corrected chi connectivity index (χ0v) is 20.4. The minimum absolute atomic E-state index is 0.0206. The van der Waals surface area contributed by atoms with Gasteiger partial charge in [-0.15, -0.1) is 0 Å². The van der Waals surface area contributed by atoms with E-state index in [1.165, 1.54) is 0 Å². The van der Waals surface area contributed by atoms with Crippen LogP contribution in [0.5, 0.6) is 0 Å². The molecule has 7 atom stereocenters. The Morgan fingerprint density at radius 3 is 2.38 bits per heavy atom. The van der Waals surface area contributed by atoms with Crippen molar-refractivity contribution < 1.29 is 34.5 Å². The molecular weight excluding hydrogens is 438 g/mol. The van der Waals surface area contributed by atoms with Crippen molar-refractivity contribution in [3.63, 3.8) is 0 Å². The van der Waals surface area contributed by atoms with E-state index >= 15 is 0 Å². The predicted molar refractivity (Wildman–Crippen MR) is 124 cm³/mol. The number of Topliss-reactive ketones (excluding diaryl/α,β-unsaturated/α-hetero) is 2. The lowest BCUT2D eigenvalue weighted by Crippen LogP contribution is -2.60. The van der Waals surface area contributed by atoms with Gasteiger partial charge in [-0.05, 0) is 55.6 Å². The zero-order chi connectivity index (χ0) is 25.6. The van der Waals surface area contributed by atoms with E-state index in [0.29, 0.717) is 12.8 Å². The van der Waals surface area contributed by atoms with E-state index in [0.717, 1.165) is 18.4 Å². The van der Waals surface area contributed by atoms with Crippen LogP contribution in [0.1, 0.15) is 59.8 Å². The Morgan fingerprint density at radius 1 is 1.21 bits per heavy atom. The van der Waals surface area contributed by atoms with Gasteiger partial charge in [0.05, 0.1) is 0 Å². The molecule has 34 heavy (non-hydrogen) atoms. The number of carbonyl (C=O) groups excluding carboxylic acids is 3.